The number of likely N-dealkylation sites (tertiary alicyclic amines) is 1. The second kappa shape index (κ2) is 8.37. The van der Waals surface area contributed by atoms with Crippen LogP contribution in [0.25, 0.3) is 0 Å². The molecule has 0 aliphatic carbocycles. The highest BCUT2D eigenvalue weighted by Crippen LogP contribution is 2.31. The number of amides is 1. The Morgan fingerprint density at radius 2 is 1.90 bits per heavy atom. The Kier molecular flexibility index (Phi) is 5.81. The monoisotopic (exact) mass is 408 g/mol. The summed E-state index contributed by atoms with van der Waals surface area (Å²) in [4.78, 5) is 20.3. The van der Waals surface area contributed by atoms with Crippen LogP contribution in [0.2, 0.25) is 0 Å². The highest BCUT2D eigenvalue weighted by Gasteiger charge is 2.47. The summed E-state index contributed by atoms with van der Waals surface area (Å²) < 4.78 is 5.40. The predicted molar refractivity (Wildman–Crippen MR) is 107 cm³/mol. The van der Waals surface area contributed by atoms with Gasteiger partial charge in [0.15, 0.2) is 0 Å². The highest BCUT2D eigenvalue weighted by molar-refractivity contribution is 5.78. The smallest absolute Gasteiger partial charge is 0.225 e. The Labute approximate surface area is 173 Å². The second-order valence-corrected chi connectivity index (χ2v) is 9.66. The first kappa shape index (κ1) is 20.1. The first-order valence-electron chi connectivity index (χ1n) is 11.4. The van der Waals surface area contributed by atoms with E-state index in [9.17, 15) is 4.79 Å². The molecule has 0 aromatic heterocycles. The van der Waals surface area contributed by atoms with E-state index in [2.05, 4.69) is 26.5 Å². The molecule has 0 saturated carbocycles. The van der Waals surface area contributed by atoms with Crippen LogP contribution in [0.4, 0.5) is 0 Å². The molecule has 5 saturated heterocycles. The van der Waals surface area contributed by atoms with Gasteiger partial charge in [0.25, 0.3) is 0 Å². The van der Waals surface area contributed by atoms with Crippen molar-refractivity contribution in [2.75, 3.05) is 39.4 Å². The summed E-state index contributed by atoms with van der Waals surface area (Å²) in [5.74, 6) is 1.29. The van der Waals surface area contributed by atoms with Gasteiger partial charge in [-0.1, -0.05) is 13.8 Å². The number of nitrogens with zero attached hydrogens (tertiary/aromatic N) is 2. The topological polar surface area (TPSA) is 90.1 Å². The fraction of sp³-hybridized carbons (Fsp3) is 0.950. The Bertz CT molecular complexity index is 595. The van der Waals surface area contributed by atoms with Gasteiger partial charge in [-0.05, 0) is 25.2 Å². The number of nitrogens with one attached hydrogen (secondary N) is 4. The summed E-state index contributed by atoms with van der Waals surface area (Å²) in [6.07, 6.45) is 3.36. The van der Waals surface area contributed by atoms with Gasteiger partial charge in [-0.25, -0.2) is 5.01 Å². The Hall–Kier alpha value is -0.810. The van der Waals surface area contributed by atoms with Crippen LogP contribution in [0.5, 0.6) is 0 Å². The molecule has 0 radical (unpaired) electrons. The molecule has 0 bridgehead atoms. The number of ether oxygens (including phenoxy) is 1. The van der Waals surface area contributed by atoms with Crippen molar-refractivity contribution in [2.24, 2.45) is 17.8 Å². The number of hydrazine groups is 1. The molecule has 4 N–H and O–H groups in total. The van der Waals surface area contributed by atoms with E-state index in [0.29, 0.717) is 30.0 Å². The van der Waals surface area contributed by atoms with Gasteiger partial charge in [0.2, 0.25) is 5.91 Å². The number of rotatable bonds is 4. The first-order valence-corrected chi connectivity index (χ1v) is 11.4. The summed E-state index contributed by atoms with van der Waals surface area (Å²) in [5, 5.41) is 9.86. The molecule has 5 atom stereocenters. The standard InChI is InChI=1S/C20H36N6O3/c1-12(2)20(27)25-5-3-13(4-6-25)18-23-19(29-24-18)14-7-17-16(21-8-14)9-22-26(17)15-10-28-11-15/h12-19,21-24H,3-11H2,1-2H3. The molecule has 0 aromatic carbocycles. The zero-order valence-electron chi connectivity index (χ0n) is 17.6. The zero-order chi connectivity index (χ0) is 20.0. The third-order valence-corrected chi connectivity index (χ3v) is 7.43. The van der Waals surface area contributed by atoms with Crippen molar-refractivity contribution in [3.63, 3.8) is 0 Å². The third kappa shape index (κ3) is 3.94. The van der Waals surface area contributed by atoms with Crippen molar-refractivity contribution >= 4 is 5.91 Å². The van der Waals surface area contributed by atoms with E-state index in [1.807, 2.05) is 18.7 Å². The van der Waals surface area contributed by atoms with Crippen LogP contribution in [0.1, 0.15) is 33.1 Å². The maximum Gasteiger partial charge on any atom is 0.225 e. The third-order valence-electron chi connectivity index (χ3n) is 7.43. The molecule has 29 heavy (non-hydrogen) atoms. The summed E-state index contributed by atoms with van der Waals surface area (Å²) >= 11 is 0. The number of piperidine rings is 2. The maximum absolute atomic E-state index is 12.2. The summed E-state index contributed by atoms with van der Waals surface area (Å²) in [7, 11) is 0. The Balaban J connectivity index is 1.12. The molecule has 5 aliphatic heterocycles. The quantitative estimate of drug-likeness (QED) is 0.482. The molecule has 5 heterocycles. The summed E-state index contributed by atoms with van der Waals surface area (Å²) in [5.41, 5.74) is 6.84. The summed E-state index contributed by atoms with van der Waals surface area (Å²) in [6.45, 7) is 9.31. The molecule has 5 unspecified atom stereocenters. The zero-order valence-corrected chi connectivity index (χ0v) is 17.6. The first-order chi connectivity index (χ1) is 14.1. The number of hydrogen-bond acceptors (Lipinski definition) is 8. The van der Waals surface area contributed by atoms with Crippen LogP contribution < -0.4 is 21.5 Å². The van der Waals surface area contributed by atoms with E-state index in [1.54, 1.807) is 0 Å². The molecule has 164 valence electrons. The Morgan fingerprint density at radius 3 is 2.59 bits per heavy atom. The van der Waals surface area contributed by atoms with Crippen LogP contribution in [-0.4, -0.2) is 85.7 Å². The average molecular weight is 409 g/mol. The molecule has 5 rings (SSSR count). The van der Waals surface area contributed by atoms with Gasteiger partial charge in [0.1, 0.15) is 6.23 Å². The lowest BCUT2D eigenvalue weighted by Gasteiger charge is -2.42. The van der Waals surface area contributed by atoms with Crippen molar-refractivity contribution < 1.29 is 14.4 Å². The molecule has 9 heteroatoms. The van der Waals surface area contributed by atoms with Gasteiger partial charge in [-0.15, -0.1) is 0 Å². The largest absolute Gasteiger partial charge is 0.378 e. The van der Waals surface area contributed by atoms with E-state index >= 15 is 0 Å². The van der Waals surface area contributed by atoms with E-state index in [1.165, 1.54) is 0 Å². The molecular formula is C20H36N6O3. The lowest BCUT2D eigenvalue weighted by Crippen LogP contribution is -2.60. The minimum atomic E-state index is 0.0314. The molecule has 0 aromatic rings. The molecule has 1 amide bonds. The van der Waals surface area contributed by atoms with Crippen molar-refractivity contribution in [3.05, 3.63) is 0 Å². The van der Waals surface area contributed by atoms with Crippen molar-refractivity contribution in [2.45, 2.75) is 63.6 Å². The van der Waals surface area contributed by atoms with Crippen LogP contribution in [0.15, 0.2) is 0 Å². The Morgan fingerprint density at radius 1 is 1.10 bits per heavy atom. The van der Waals surface area contributed by atoms with Crippen molar-refractivity contribution in [1.82, 2.24) is 31.4 Å². The summed E-state index contributed by atoms with van der Waals surface area (Å²) in [6, 6.07) is 1.52. The van der Waals surface area contributed by atoms with Crippen LogP contribution in [0, 0.1) is 17.8 Å². The van der Waals surface area contributed by atoms with Gasteiger partial charge in [-0.3, -0.25) is 20.4 Å². The minimum absolute atomic E-state index is 0.0314. The average Bonchev–Trinajstić information content (AvgIpc) is 3.34. The predicted octanol–water partition coefficient (Wildman–Crippen LogP) is -0.777. The fourth-order valence-electron chi connectivity index (χ4n) is 5.52. The van der Waals surface area contributed by atoms with Crippen LogP contribution >= 0.6 is 0 Å². The number of hydrogen-bond donors (Lipinski definition) is 4. The highest BCUT2D eigenvalue weighted by atomic mass is 16.7. The molecule has 0 spiro atoms. The van der Waals surface area contributed by atoms with E-state index in [-0.39, 0.29) is 24.2 Å². The van der Waals surface area contributed by atoms with E-state index < -0.39 is 0 Å². The lowest BCUT2D eigenvalue weighted by molar-refractivity contribution is -0.136. The van der Waals surface area contributed by atoms with Crippen LogP contribution in [-0.2, 0) is 14.4 Å². The maximum atomic E-state index is 12.2. The van der Waals surface area contributed by atoms with Gasteiger partial charge < -0.3 is 15.0 Å². The van der Waals surface area contributed by atoms with E-state index in [4.69, 9.17) is 9.57 Å². The minimum Gasteiger partial charge on any atom is -0.378 e. The molecule has 9 nitrogen and oxygen atoms in total. The lowest BCUT2D eigenvalue weighted by atomic mass is 9.88. The SMILES string of the molecule is CC(C)C(=O)N1CCC(C2NOC(C3CNC4CNN(C5COC5)C4C3)N2)CC1. The number of carbonyl (C=O) groups excluding carboxylic acids is 1. The molecule has 5 aliphatic rings. The number of hydroxylamine groups is 1. The van der Waals surface area contributed by atoms with Gasteiger partial charge in [-0.2, -0.15) is 5.48 Å². The second-order valence-electron chi connectivity index (χ2n) is 9.66. The van der Waals surface area contributed by atoms with Crippen molar-refractivity contribution in [3.8, 4) is 0 Å². The number of carbonyl (C=O) groups is 1. The molecular weight excluding hydrogens is 372 g/mol. The van der Waals surface area contributed by atoms with Gasteiger partial charge in [0, 0.05) is 50.1 Å². The molecule has 5 fully saturated rings. The van der Waals surface area contributed by atoms with Gasteiger partial charge in [0.05, 0.1) is 25.4 Å². The fourth-order valence-corrected chi connectivity index (χ4v) is 5.52. The van der Waals surface area contributed by atoms with E-state index in [0.717, 1.165) is 58.7 Å². The van der Waals surface area contributed by atoms with Crippen molar-refractivity contribution in [1.29, 1.82) is 0 Å². The normalized spacial score (nSPS) is 39.7. The van der Waals surface area contributed by atoms with Gasteiger partial charge >= 0.3 is 0 Å². The van der Waals surface area contributed by atoms with Crippen LogP contribution in [0.3, 0.4) is 0 Å². The number of fused-ring (bicyclic) bond motifs is 1.